The molecule has 1 saturated heterocycles. The summed E-state index contributed by atoms with van der Waals surface area (Å²) in [4.78, 5) is 25.9. The third kappa shape index (κ3) is 6.96. The number of ether oxygens (including phenoxy) is 2. The molecular weight excluding hydrogens is 561 g/mol. The van der Waals surface area contributed by atoms with E-state index in [9.17, 15) is 9.36 Å². The number of benzene rings is 1. The molecule has 2 aliphatic rings. The Balaban J connectivity index is 1.39. The average Bonchev–Trinajstić information content (AvgIpc) is 3.47. The van der Waals surface area contributed by atoms with Gasteiger partial charge in [-0.15, -0.1) is 0 Å². The van der Waals surface area contributed by atoms with Crippen LogP contribution in [0.25, 0.3) is 11.2 Å². The highest BCUT2D eigenvalue weighted by Gasteiger charge is 2.39. The molecule has 0 bridgehead atoms. The van der Waals surface area contributed by atoms with Gasteiger partial charge in [-0.2, -0.15) is 15.1 Å². The number of rotatable bonds is 12. The van der Waals surface area contributed by atoms with Gasteiger partial charge >= 0.3 is 13.7 Å². The standard InChI is InChI=1S/C28H38N7O6P/c1-16(2)22-13-21(40-26(22)35-15-30-23-24(31-19-11-12-19)32-28(29)33-25(23)35)14-38-42(37,41-20-9-7-6-8-10-20)34-18(5)27(36)39-17(3)4/h6-10,14-19,22,26H,11-13H2,1-5H3,(H,34,37)(H3,29,31,32,33)/b21-14+/t18-,22+,26+,42-/m0/s1. The number of hydrogen-bond donors (Lipinski definition) is 3. The first kappa shape index (κ1) is 29.7. The lowest BCUT2D eigenvalue weighted by atomic mass is 9.92. The summed E-state index contributed by atoms with van der Waals surface area (Å²) >= 11 is 0. The minimum absolute atomic E-state index is 0.00982. The molecule has 4 N–H and O–H groups in total. The Hall–Kier alpha value is -3.83. The topological polar surface area (TPSA) is 165 Å². The maximum absolute atomic E-state index is 13.9. The quantitative estimate of drug-likeness (QED) is 0.143. The summed E-state index contributed by atoms with van der Waals surface area (Å²) in [6.07, 6.45) is 4.79. The van der Waals surface area contributed by atoms with E-state index in [0.717, 1.165) is 12.8 Å². The Bertz CT molecular complexity index is 1490. The molecule has 5 rings (SSSR count). The molecule has 42 heavy (non-hydrogen) atoms. The van der Waals surface area contributed by atoms with Gasteiger partial charge in [-0.3, -0.25) is 9.36 Å². The van der Waals surface area contributed by atoms with Crippen LogP contribution in [0.4, 0.5) is 11.8 Å². The first-order valence-electron chi connectivity index (χ1n) is 14.1. The van der Waals surface area contributed by atoms with Gasteiger partial charge < -0.3 is 29.6 Å². The fourth-order valence-corrected chi connectivity index (χ4v) is 6.01. The van der Waals surface area contributed by atoms with Crippen LogP contribution >= 0.6 is 7.75 Å². The molecule has 0 unspecified atom stereocenters. The number of nitrogens with two attached hydrogens (primary N) is 1. The molecule has 2 aromatic heterocycles. The number of fused-ring (bicyclic) bond motifs is 1. The van der Waals surface area contributed by atoms with E-state index in [0.29, 0.717) is 41.0 Å². The van der Waals surface area contributed by atoms with Gasteiger partial charge in [-0.1, -0.05) is 32.0 Å². The number of nitrogen functional groups attached to an aromatic ring is 1. The highest BCUT2D eigenvalue weighted by Crippen LogP contribution is 2.48. The maximum atomic E-state index is 13.9. The predicted molar refractivity (Wildman–Crippen MR) is 157 cm³/mol. The van der Waals surface area contributed by atoms with E-state index in [2.05, 4.69) is 39.2 Å². The van der Waals surface area contributed by atoms with Crippen molar-refractivity contribution < 1.29 is 27.9 Å². The summed E-state index contributed by atoms with van der Waals surface area (Å²) in [5.74, 6) is 1.13. The second-order valence-electron chi connectivity index (χ2n) is 11.2. The molecule has 0 spiro atoms. The van der Waals surface area contributed by atoms with Gasteiger partial charge in [0.25, 0.3) is 0 Å². The third-order valence-corrected chi connectivity index (χ3v) is 8.45. The minimum atomic E-state index is -4.10. The van der Waals surface area contributed by atoms with E-state index in [1.54, 1.807) is 50.5 Å². The van der Waals surface area contributed by atoms with E-state index in [1.807, 2.05) is 4.57 Å². The Morgan fingerprint density at radius 1 is 1.17 bits per heavy atom. The van der Waals surface area contributed by atoms with Gasteiger partial charge in [0.05, 0.1) is 6.10 Å². The fourth-order valence-electron chi connectivity index (χ4n) is 4.62. The van der Waals surface area contributed by atoms with Crippen LogP contribution in [0.15, 0.2) is 48.7 Å². The van der Waals surface area contributed by atoms with Crippen molar-refractivity contribution >= 4 is 36.6 Å². The van der Waals surface area contributed by atoms with E-state index >= 15 is 0 Å². The summed E-state index contributed by atoms with van der Waals surface area (Å²) < 4.78 is 38.8. The second kappa shape index (κ2) is 12.2. The smallest absolute Gasteiger partial charge is 0.471 e. The zero-order valence-corrected chi connectivity index (χ0v) is 25.3. The van der Waals surface area contributed by atoms with Crippen molar-refractivity contribution in [3.63, 3.8) is 0 Å². The lowest BCUT2D eigenvalue weighted by molar-refractivity contribution is -0.149. The molecule has 2 fully saturated rings. The van der Waals surface area contributed by atoms with Crippen LogP contribution in [0.3, 0.4) is 0 Å². The number of carbonyl (C=O) groups is 1. The largest absolute Gasteiger partial charge is 0.513 e. The Labute approximate surface area is 244 Å². The average molecular weight is 600 g/mol. The van der Waals surface area contributed by atoms with Crippen LogP contribution < -0.4 is 20.7 Å². The second-order valence-corrected chi connectivity index (χ2v) is 12.9. The number of hydrogen-bond acceptors (Lipinski definition) is 11. The molecule has 13 nitrogen and oxygen atoms in total. The zero-order valence-electron chi connectivity index (χ0n) is 24.4. The van der Waals surface area contributed by atoms with E-state index in [1.165, 1.54) is 13.2 Å². The van der Waals surface area contributed by atoms with E-state index in [-0.39, 0.29) is 23.9 Å². The van der Waals surface area contributed by atoms with Crippen LogP contribution in [0.1, 0.15) is 60.1 Å². The number of allylic oxidation sites excluding steroid dienone is 1. The minimum Gasteiger partial charge on any atom is -0.471 e. The highest BCUT2D eigenvalue weighted by atomic mass is 31.2. The van der Waals surface area contributed by atoms with Crippen molar-refractivity contribution in [2.45, 2.75) is 78.3 Å². The fraction of sp³-hybridized carbons (Fsp3) is 0.500. The van der Waals surface area contributed by atoms with Gasteiger partial charge in [0, 0.05) is 18.4 Å². The van der Waals surface area contributed by atoms with Crippen molar-refractivity contribution in [2.24, 2.45) is 11.8 Å². The molecule has 226 valence electrons. The monoisotopic (exact) mass is 599 g/mol. The molecular formula is C28H38N7O6P. The van der Waals surface area contributed by atoms with Crippen molar-refractivity contribution in [1.82, 2.24) is 24.6 Å². The number of imidazole rings is 1. The highest BCUT2D eigenvalue weighted by molar-refractivity contribution is 7.52. The molecule has 1 aliphatic heterocycles. The number of para-hydroxylation sites is 1. The molecule has 0 amide bonds. The first-order valence-corrected chi connectivity index (χ1v) is 15.7. The van der Waals surface area contributed by atoms with Gasteiger partial charge in [0.1, 0.15) is 30.1 Å². The summed E-state index contributed by atoms with van der Waals surface area (Å²) in [6, 6.07) is 7.96. The lowest BCUT2D eigenvalue weighted by Crippen LogP contribution is -2.36. The van der Waals surface area contributed by atoms with Crippen molar-refractivity contribution in [3.8, 4) is 5.75 Å². The molecule has 0 radical (unpaired) electrons. The van der Waals surface area contributed by atoms with Gasteiger partial charge in [-0.05, 0) is 51.7 Å². The molecule has 1 aliphatic carbocycles. The van der Waals surface area contributed by atoms with Crippen molar-refractivity contribution in [1.29, 1.82) is 0 Å². The van der Waals surface area contributed by atoms with Crippen LogP contribution in [-0.4, -0.2) is 43.7 Å². The number of esters is 1. The summed E-state index contributed by atoms with van der Waals surface area (Å²) in [5, 5.41) is 6.06. The predicted octanol–water partition coefficient (Wildman–Crippen LogP) is 5.15. The van der Waals surface area contributed by atoms with Crippen molar-refractivity contribution in [2.75, 3.05) is 11.1 Å². The van der Waals surface area contributed by atoms with E-state index < -0.39 is 26.0 Å². The molecule has 3 aromatic rings. The Morgan fingerprint density at radius 2 is 1.90 bits per heavy atom. The molecule has 3 heterocycles. The Morgan fingerprint density at radius 3 is 2.57 bits per heavy atom. The van der Waals surface area contributed by atoms with Crippen LogP contribution in [0.2, 0.25) is 0 Å². The summed E-state index contributed by atoms with van der Waals surface area (Å²) in [7, 11) is -4.10. The van der Waals surface area contributed by atoms with Gasteiger partial charge in [0.2, 0.25) is 5.95 Å². The number of nitrogens with zero attached hydrogens (tertiary/aromatic N) is 4. The van der Waals surface area contributed by atoms with Crippen LogP contribution in [0.5, 0.6) is 5.75 Å². The van der Waals surface area contributed by atoms with Crippen molar-refractivity contribution in [3.05, 3.63) is 48.7 Å². The van der Waals surface area contributed by atoms with E-state index in [4.69, 9.17) is 24.3 Å². The number of carbonyl (C=O) groups excluding carboxylic acids is 1. The number of nitrogens with one attached hydrogen (secondary N) is 2. The number of aromatic nitrogens is 4. The SMILES string of the molecule is CC(C)OC(=O)[C@H](C)N[P@](=O)(O/C=C1\C[C@H](C(C)C)[C@H](n2cnc3c(NC4CC4)nc(N)nc32)O1)Oc1ccccc1. The van der Waals surface area contributed by atoms with Gasteiger partial charge in [-0.25, -0.2) is 9.55 Å². The van der Waals surface area contributed by atoms with Gasteiger partial charge in [0.15, 0.2) is 23.2 Å². The summed E-state index contributed by atoms with van der Waals surface area (Å²) in [6.45, 7) is 9.20. The van der Waals surface area contributed by atoms with Crippen LogP contribution in [0, 0.1) is 11.8 Å². The molecule has 14 heteroatoms. The normalized spacial score (nSPS) is 21.7. The summed E-state index contributed by atoms with van der Waals surface area (Å²) in [5.41, 5.74) is 7.23. The zero-order chi connectivity index (χ0) is 30.0. The van der Waals surface area contributed by atoms with Crippen LogP contribution in [-0.2, 0) is 23.4 Å². The first-order chi connectivity index (χ1) is 20.0. The molecule has 1 aromatic carbocycles. The Kier molecular flexibility index (Phi) is 8.60. The number of anilines is 2. The molecule has 4 atom stereocenters. The molecule has 1 saturated carbocycles. The third-order valence-electron chi connectivity index (χ3n) is 6.91. The maximum Gasteiger partial charge on any atom is 0.513 e. The lowest BCUT2D eigenvalue weighted by Gasteiger charge is -2.23.